The number of benzene rings is 2. The van der Waals surface area contributed by atoms with Crippen molar-refractivity contribution in [3.05, 3.63) is 52.6 Å². The molecule has 0 aromatic heterocycles. The average Bonchev–Trinajstić information content (AvgIpc) is 2.42. The molecule has 0 heterocycles. The maximum absolute atomic E-state index is 9.77. The molecule has 0 saturated carbocycles. The quantitative estimate of drug-likeness (QED) is 0.754. The largest absolute Gasteiger partial charge is 0.497 e. The van der Waals surface area contributed by atoms with Gasteiger partial charge in [-0.25, -0.2) is 0 Å². The Labute approximate surface area is 125 Å². The van der Waals surface area contributed by atoms with Crippen LogP contribution in [0.1, 0.15) is 28.5 Å². The maximum atomic E-state index is 9.77. The molecule has 0 aliphatic heterocycles. The SMILES string of the molecule is COc1ccc(Nc2c(C)cc(C)cc2C)c(C(N)O)c1. The lowest BCUT2D eigenvalue weighted by Crippen LogP contribution is -2.11. The summed E-state index contributed by atoms with van der Waals surface area (Å²) in [7, 11) is 1.59. The standard InChI is InChI=1S/C17H22N2O2/c1-10-7-11(2)16(12(3)8-10)19-15-6-5-13(21-4)9-14(15)17(18)20/h5-9,17,19-20H,18H2,1-4H3. The van der Waals surface area contributed by atoms with Gasteiger partial charge in [-0.15, -0.1) is 0 Å². The van der Waals surface area contributed by atoms with Gasteiger partial charge in [0.05, 0.1) is 7.11 Å². The van der Waals surface area contributed by atoms with Crippen LogP contribution in [0, 0.1) is 20.8 Å². The number of aliphatic hydroxyl groups is 1. The number of aryl methyl sites for hydroxylation is 3. The first-order valence-corrected chi connectivity index (χ1v) is 6.89. The molecule has 21 heavy (non-hydrogen) atoms. The Morgan fingerprint density at radius 2 is 1.71 bits per heavy atom. The Hall–Kier alpha value is -2.04. The summed E-state index contributed by atoms with van der Waals surface area (Å²) in [6.07, 6.45) is -1.06. The van der Waals surface area contributed by atoms with E-state index in [0.717, 1.165) is 22.5 Å². The van der Waals surface area contributed by atoms with Crippen molar-refractivity contribution < 1.29 is 9.84 Å². The average molecular weight is 286 g/mol. The van der Waals surface area contributed by atoms with Gasteiger partial charge in [-0.05, 0) is 50.1 Å². The summed E-state index contributed by atoms with van der Waals surface area (Å²) in [4.78, 5) is 0. The minimum atomic E-state index is -1.06. The van der Waals surface area contributed by atoms with E-state index in [1.165, 1.54) is 5.56 Å². The van der Waals surface area contributed by atoms with Gasteiger partial charge in [0.2, 0.25) is 0 Å². The first kappa shape index (κ1) is 15.4. The van der Waals surface area contributed by atoms with Crippen LogP contribution in [0.5, 0.6) is 5.75 Å². The van der Waals surface area contributed by atoms with Gasteiger partial charge in [0.15, 0.2) is 0 Å². The highest BCUT2D eigenvalue weighted by Gasteiger charge is 2.12. The topological polar surface area (TPSA) is 67.5 Å². The molecular weight excluding hydrogens is 264 g/mol. The van der Waals surface area contributed by atoms with E-state index >= 15 is 0 Å². The van der Waals surface area contributed by atoms with E-state index in [2.05, 4.69) is 38.2 Å². The van der Waals surface area contributed by atoms with Crippen LogP contribution in [0.4, 0.5) is 11.4 Å². The van der Waals surface area contributed by atoms with Crippen LogP contribution >= 0.6 is 0 Å². The van der Waals surface area contributed by atoms with Crippen LogP contribution in [-0.2, 0) is 0 Å². The molecule has 4 heteroatoms. The predicted molar refractivity (Wildman–Crippen MR) is 86.1 cm³/mol. The fraction of sp³-hybridized carbons (Fsp3) is 0.294. The van der Waals surface area contributed by atoms with Crippen molar-refractivity contribution in [2.24, 2.45) is 5.73 Å². The van der Waals surface area contributed by atoms with Crippen molar-refractivity contribution in [1.29, 1.82) is 0 Å². The lowest BCUT2D eigenvalue weighted by atomic mass is 10.0. The molecule has 0 amide bonds. The molecule has 0 fully saturated rings. The Morgan fingerprint density at radius 3 is 2.24 bits per heavy atom. The van der Waals surface area contributed by atoms with E-state index in [1.54, 1.807) is 13.2 Å². The Balaban J connectivity index is 2.44. The molecule has 4 nitrogen and oxygen atoms in total. The number of ether oxygens (including phenoxy) is 1. The first-order valence-electron chi connectivity index (χ1n) is 6.89. The second-order valence-electron chi connectivity index (χ2n) is 5.30. The van der Waals surface area contributed by atoms with Crippen molar-refractivity contribution in [2.75, 3.05) is 12.4 Å². The molecule has 0 aliphatic rings. The molecule has 1 atom stereocenters. The lowest BCUT2D eigenvalue weighted by molar-refractivity contribution is 0.186. The monoisotopic (exact) mass is 286 g/mol. The molecule has 112 valence electrons. The summed E-state index contributed by atoms with van der Waals surface area (Å²) >= 11 is 0. The normalized spacial score (nSPS) is 12.1. The van der Waals surface area contributed by atoms with Gasteiger partial charge in [0.25, 0.3) is 0 Å². The molecular formula is C17H22N2O2. The number of hydrogen-bond acceptors (Lipinski definition) is 4. The molecule has 4 N–H and O–H groups in total. The highest BCUT2D eigenvalue weighted by Crippen LogP contribution is 2.31. The van der Waals surface area contributed by atoms with Gasteiger partial charge in [-0.2, -0.15) is 0 Å². The van der Waals surface area contributed by atoms with E-state index in [-0.39, 0.29) is 0 Å². The van der Waals surface area contributed by atoms with Gasteiger partial charge >= 0.3 is 0 Å². The minimum absolute atomic E-state index is 0.605. The van der Waals surface area contributed by atoms with E-state index in [1.807, 2.05) is 12.1 Å². The maximum Gasteiger partial charge on any atom is 0.130 e. The highest BCUT2D eigenvalue weighted by molar-refractivity contribution is 5.70. The summed E-state index contributed by atoms with van der Waals surface area (Å²) in [6.45, 7) is 6.20. The van der Waals surface area contributed by atoms with Crippen molar-refractivity contribution in [2.45, 2.75) is 27.0 Å². The first-order chi connectivity index (χ1) is 9.92. The van der Waals surface area contributed by atoms with Gasteiger partial charge in [0, 0.05) is 16.9 Å². The molecule has 2 rings (SSSR count). The molecule has 0 radical (unpaired) electrons. The number of nitrogens with one attached hydrogen (secondary N) is 1. The van der Waals surface area contributed by atoms with E-state index in [4.69, 9.17) is 10.5 Å². The summed E-state index contributed by atoms with van der Waals surface area (Å²) in [6, 6.07) is 9.69. The Bertz CT molecular complexity index is 628. The summed E-state index contributed by atoms with van der Waals surface area (Å²) < 4.78 is 5.18. The number of rotatable bonds is 4. The molecule has 0 aliphatic carbocycles. The molecule has 1 unspecified atom stereocenters. The van der Waals surface area contributed by atoms with Gasteiger partial charge < -0.3 is 20.9 Å². The number of nitrogens with two attached hydrogens (primary N) is 1. The molecule has 0 bridgehead atoms. The third-order valence-electron chi connectivity index (χ3n) is 3.51. The van der Waals surface area contributed by atoms with Crippen molar-refractivity contribution in [1.82, 2.24) is 0 Å². The highest BCUT2D eigenvalue weighted by atomic mass is 16.5. The third-order valence-corrected chi connectivity index (χ3v) is 3.51. The Kier molecular flexibility index (Phi) is 4.50. The van der Waals surface area contributed by atoms with E-state index in [0.29, 0.717) is 11.3 Å². The zero-order valence-corrected chi connectivity index (χ0v) is 12.9. The summed E-state index contributed by atoms with van der Waals surface area (Å²) in [5.74, 6) is 0.664. The van der Waals surface area contributed by atoms with Crippen LogP contribution in [0.15, 0.2) is 30.3 Å². The van der Waals surface area contributed by atoms with Crippen molar-refractivity contribution in [3.8, 4) is 5.75 Å². The van der Waals surface area contributed by atoms with Gasteiger partial charge in [-0.1, -0.05) is 17.7 Å². The molecule has 0 spiro atoms. The van der Waals surface area contributed by atoms with Crippen molar-refractivity contribution >= 4 is 11.4 Å². The fourth-order valence-corrected chi connectivity index (χ4v) is 2.54. The van der Waals surface area contributed by atoms with Crippen LogP contribution in [-0.4, -0.2) is 12.2 Å². The molecule has 0 saturated heterocycles. The fourth-order valence-electron chi connectivity index (χ4n) is 2.54. The second kappa shape index (κ2) is 6.16. The predicted octanol–water partition coefficient (Wildman–Crippen LogP) is 3.31. The van der Waals surface area contributed by atoms with Crippen LogP contribution < -0.4 is 15.8 Å². The van der Waals surface area contributed by atoms with Gasteiger partial charge in [-0.3, -0.25) is 0 Å². The second-order valence-corrected chi connectivity index (χ2v) is 5.30. The van der Waals surface area contributed by atoms with Crippen LogP contribution in [0.2, 0.25) is 0 Å². The lowest BCUT2D eigenvalue weighted by Gasteiger charge is -2.18. The summed E-state index contributed by atoms with van der Waals surface area (Å²) in [5, 5.41) is 13.1. The summed E-state index contributed by atoms with van der Waals surface area (Å²) in [5.41, 5.74) is 11.6. The van der Waals surface area contributed by atoms with Crippen molar-refractivity contribution in [3.63, 3.8) is 0 Å². The van der Waals surface area contributed by atoms with Crippen LogP contribution in [0.3, 0.4) is 0 Å². The van der Waals surface area contributed by atoms with Gasteiger partial charge in [0.1, 0.15) is 12.0 Å². The number of aliphatic hydroxyl groups excluding tert-OH is 1. The number of anilines is 2. The smallest absolute Gasteiger partial charge is 0.130 e. The molecule has 2 aromatic carbocycles. The zero-order valence-electron chi connectivity index (χ0n) is 12.9. The zero-order chi connectivity index (χ0) is 15.6. The molecule has 2 aromatic rings. The van der Waals surface area contributed by atoms with Crippen LogP contribution in [0.25, 0.3) is 0 Å². The van der Waals surface area contributed by atoms with E-state index < -0.39 is 6.23 Å². The third kappa shape index (κ3) is 3.35. The number of methoxy groups -OCH3 is 1. The minimum Gasteiger partial charge on any atom is -0.497 e. The van der Waals surface area contributed by atoms with E-state index in [9.17, 15) is 5.11 Å². The Morgan fingerprint density at radius 1 is 1.10 bits per heavy atom. The number of hydrogen-bond donors (Lipinski definition) is 3.